The largest absolute Gasteiger partial charge is 0.369 e. The summed E-state index contributed by atoms with van der Waals surface area (Å²) in [5, 5.41) is 2.69. The fourth-order valence-corrected chi connectivity index (χ4v) is 2.54. The van der Waals surface area contributed by atoms with Gasteiger partial charge in [0.2, 0.25) is 5.91 Å². The molecule has 1 aromatic rings. The Labute approximate surface area is 125 Å². The van der Waals surface area contributed by atoms with Crippen LogP contribution < -0.4 is 16.0 Å². The summed E-state index contributed by atoms with van der Waals surface area (Å²) in [6, 6.07) is 4.26. The number of carbonyl (C=O) groups is 1. The third kappa shape index (κ3) is 3.73. The number of halogens is 1. The van der Waals surface area contributed by atoms with Gasteiger partial charge in [0.15, 0.2) is 0 Å². The predicted molar refractivity (Wildman–Crippen MR) is 83.9 cm³/mol. The Morgan fingerprint density at radius 2 is 2.10 bits per heavy atom. The van der Waals surface area contributed by atoms with Gasteiger partial charge in [-0.25, -0.2) is 4.39 Å². The molecule has 5 heteroatoms. The van der Waals surface area contributed by atoms with E-state index in [0.29, 0.717) is 11.4 Å². The Hall–Kier alpha value is -1.62. The molecule has 0 radical (unpaired) electrons. The number of nitrogens with zero attached hydrogens (tertiary/aromatic N) is 1. The maximum atomic E-state index is 14.2. The van der Waals surface area contributed by atoms with Gasteiger partial charge in [-0.2, -0.15) is 0 Å². The zero-order chi connectivity index (χ0) is 15.4. The quantitative estimate of drug-likeness (QED) is 0.877. The highest BCUT2D eigenvalue weighted by molar-refractivity contribution is 5.95. The number of carbonyl (C=O) groups excluding carboxylic acids is 1. The van der Waals surface area contributed by atoms with Gasteiger partial charge in [0, 0.05) is 18.8 Å². The topological polar surface area (TPSA) is 58.4 Å². The van der Waals surface area contributed by atoms with Gasteiger partial charge in [0.25, 0.3) is 0 Å². The highest BCUT2D eigenvalue weighted by Crippen LogP contribution is 2.26. The molecule has 3 N–H and O–H groups in total. The molecule has 0 aromatic heterocycles. The second-order valence-corrected chi connectivity index (χ2v) is 5.76. The highest BCUT2D eigenvalue weighted by atomic mass is 19.1. The average Bonchev–Trinajstić information content (AvgIpc) is 2.99. The maximum Gasteiger partial charge on any atom is 0.241 e. The minimum Gasteiger partial charge on any atom is -0.369 e. The van der Waals surface area contributed by atoms with Crippen molar-refractivity contribution in [3.8, 4) is 0 Å². The summed E-state index contributed by atoms with van der Waals surface area (Å²) in [5.41, 5.74) is 6.94. The van der Waals surface area contributed by atoms with Gasteiger partial charge in [-0.05, 0) is 37.0 Å². The van der Waals surface area contributed by atoms with Crippen molar-refractivity contribution in [1.29, 1.82) is 0 Å². The molecule has 1 aliphatic heterocycles. The highest BCUT2D eigenvalue weighted by Gasteiger charge is 2.20. The molecule has 1 amide bonds. The van der Waals surface area contributed by atoms with Gasteiger partial charge >= 0.3 is 0 Å². The lowest BCUT2D eigenvalue weighted by molar-refractivity contribution is -0.118. The van der Waals surface area contributed by atoms with Crippen LogP contribution in [0.5, 0.6) is 0 Å². The van der Waals surface area contributed by atoms with E-state index in [9.17, 15) is 9.18 Å². The molecule has 1 saturated heterocycles. The van der Waals surface area contributed by atoms with Crippen molar-refractivity contribution in [2.24, 2.45) is 11.7 Å². The van der Waals surface area contributed by atoms with Gasteiger partial charge < -0.3 is 16.0 Å². The van der Waals surface area contributed by atoms with E-state index in [4.69, 9.17) is 5.73 Å². The zero-order valence-electron chi connectivity index (χ0n) is 12.7. The SMILES string of the molecule is CCC(C)C(N)C(=O)Nc1ccc(N2CCCC2)c(F)c1. The molecule has 0 saturated carbocycles. The van der Waals surface area contributed by atoms with Crippen LogP contribution in [0.1, 0.15) is 33.1 Å². The zero-order valence-corrected chi connectivity index (χ0v) is 12.7. The molecule has 1 aliphatic rings. The van der Waals surface area contributed by atoms with Gasteiger partial charge in [-0.1, -0.05) is 20.3 Å². The molecule has 2 rings (SSSR count). The predicted octanol–water partition coefficient (Wildman–Crippen LogP) is 2.74. The van der Waals surface area contributed by atoms with E-state index < -0.39 is 6.04 Å². The Kier molecular flexibility index (Phi) is 5.17. The fraction of sp³-hybridized carbons (Fsp3) is 0.562. The van der Waals surface area contributed by atoms with Crippen molar-refractivity contribution in [3.63, 3.8) is 0 Å². The van der Waals surface area contributed by atoms with E-state index in [2.05, 4.69) is 5.32 Å². The number of nitrogens with two attached hydrogens (primary N) is 1. The number of amides is 1. The van der Waals surface area contributed by atoms with Crippen LogP contribution in [0.25, 0.3) is 0 Å². The number of benzene rings is 1. The molecule has 0 bridgehead atoms. The summed E-state index contributed by atoms with van der Waals surface area (Å²) < 4.78 is 14.2. The molecule has 21 heavy (non-hydrogen) atoms. The first-order valence-corrected chi connectivity index (χ1v) is 7.64. The lowest BCUT2D eigenvalue weighted by Crippen LogP contribution is -2.40. The van der Waals surface area contributed by atoms with Gasteiger partial charge in [0.05, 0.1) is 11.7 Å². The van der Waals surface area contributed by atoms with Crippen molar-refractivity contribution in [1.82, 2.24) is 0 Å². The Balaban J connectivity index is 2.04. The molecule has 0 spiro atoms. The molecule has 116 valence electrons. The summed E-state index contributed by atoms with van der Waals surface area (Å²) in [5.74, 6) is -0.469. The first-order chi connectivity index (χ1) is 10.0. The van der Waals surface area contributed by atoms with Crippen molar-refractivity contribution in [2.75, 3.05) is 23.3 Å². The standard InChI is InChI=1S/C16H24FN3O/c1-3-11(2)15(18)16(21)19-12-6-7-14(13(17)10-12)20-8-4-5-9-20/h6-7,10-11,15H,3-5,8-9,18H2,1-2H3,(H,19,21). The van der Waals surface area contributed by atoms with E-state index in [1.807, 2.05) is 18.7 Å². The second-order valence-electron chi connectivity index (χ2n) is 5.76. The number of hydrogen-bond acceptors (Lipinski definition) is 3. The molecule has 1 aromatic carbocycles. The summed E-state index contributed by atoms with van der Waals surface area (Å²) in [7, 11) is 0. The summed E-state index contributed by atoms with van der Waals surface area (Å²) in [6.45, 7) is 5.70. The normalized spacial score (nSPS) is 17.6. The molecule has 0 aliphatic carbocycles. The van der Waals surface area contributed by atoms with Crippen molar-refractivity contribution >= 4 is 17.3 Å². The van der Waals surface area contributed by atoms with E-state index in [1.54, 1.807) is 12.1 Å². The van der Waals surface area contributed by atoms with Crippen molar-refractivity contribution < 1.29 is 9.18 Å². The minimum atomic E-state index is -0.573. The van der Waals surface area contributed by atoms with Gasteiger partial charge in [0.1, 0.15) is 5.82 Å². The molecule has 1 fully saturated rings. The van der Waals surface area contributed by atoms with E-state index >= 15 is 0 Å². The van der Waals surface area contributed by atoms with E-state index in [-0.39, 0.29) is 17.6 Å². The van der Waals surface area contributed by atoms with Crippen LogP contribution in [0.4, 0.5) is 15.8 Å². The minimum absolute atomic E-state index is 0.0960. The molecular formula is C16H24FN3O. The molecule has 2 atom stereocenters. The number of nitrogens with one attached hydrogen (secondary N) is 1. The van der Waals surface area contributed by atoms with Crippen LogP contribution in [0.15, 0.2) is 18.2 Å². The Morgan fingerprint density at radius 1 is 1.43 bits per heavy atom. The third-order valence-corrected chi connectivity index (χ3v) is 4.22. The Bertz CT molecular complexity index is 500. The molecular weight excluding hydrogens is 269 g/mol. The summed E-state index contributed by atoms with van der Waals surface area (Å²) in [4.78, 5) is 14.0. The smallest absolute Gasteiger partial charge is 0.241 e. The van der Waals surface area contributed by atoms with Crippen molar-refractivity contribution in [3.05, 3.63) is 24.0 Å². The third-order valence-electron chi connectivity index (χ3n) is 4.22. The van der Waals surface area contributed by atoms with Gasteiger partial charge in [-0.3, -0.25) is 4.79 Å². The molecule has 2 unspecified atom stereocenters. The fourth-order valence-electron chi connectivity index (χ4n) is 2.54. The van der Waals surface area contributed by atoms with E-state index in [1.165, 1.54) is 6.07 Å². The molecule has 1 heterocycles. The second kappa shape index (κ2) is 6.89. The van der Waals surface area contributed by atoms with Crippen LogP contribution in [0.3, 0.4) is 0 Å². The monoisotopic (exact) mass is 293 g/mol. The van der Waals surface area contributed by atoms with Crippen LogP contribution in [-0.4, -0.2) is 25.0 Å². The summed E-state index contributed by atoms with van der Waals surface area (Å²) in [6.07, 6.45) is 3.03. The number of hydrogen-bond donors (Lipinski definition) is 2. The number of anilines is 2. The van der Waals surface area contributed by atoms with Crippen LogP contribution in [-0.2, 0) is 4.79 Å². The van der Waals surface area contributed by atoms with E-state index in [0.717, 1.165) is 32.4 Å². The lowest BCUT2D eigenvalue weighted by atomic mass is 9.99. The maximum absolute atomic E-state index is 14.2. The summed E-state index contributed by atoms with van der Waals surface area (Å²) >= 11 is 0. The molecule has 4 nitrogen and oxygen atoms in total. The van der Waals surface area contributed by atoms with Crippen LogP contribution in [0, 0.1) is 11.7 Å². The Morgan fingerprint density at radius 3 is 2.67 bits per heavy atom. The first-order valence-electron chi connectivity index (χ1n) is 7.64. The van der Waals surface area contributed by atoms with Gasteiger partial charge in [-0.15, -0.1) is 0 Å². The average molecular weight is 293 g/mol. The first kappa shape index (κ1) is 15.8. The van der Waals surface area contributed by atoms with Crippen molar-refractivity contribution in [2.45, 2.75) is 39.2 Å². The van der Waals surface area contributed by atoms with Crippen LogP contribution >= 0.6 is 0 Å². The number of rotatable bonds is 5. The van der Waals surface area contributed by atoms with Crippen LogP contribution in [0.2, 0.25) is 0 Å². The lowest BCUT2D eigenvalue weighted by Gasteiger charge is -2.20.